The molecule has 2 rings (SSSR count). The molecule has 6 heteroatoms. The van der Waals surface area contributed by atoms with Gasteiger partial charge in [0.25, 0.3) is 5.56 Å². The molecule has 5 nitrogen and oxygen atoms in total. The Labute approximate surface area is 71.6 Å². The number of nitrogens with zero attached hydrogens (tertiary/aromatic N) is 2. The molecular formula is C6H6N4OS. The fourth-order valence-corrected chi connectivity index (χ4v) is 1.29. The summed E-state index contributed by atoms with van der Waals surface area (Å²) in [7, 11) is 0. The predicted octanol–water partition coefficient (Wildman–Crippen LogP) is 0.368. The van der Waals surface area contributed by atoms with E-state index in [0.717, 1.165) is 0 Å². The van der Waals surface area contributed by atoms with Crippen molar-refractivity contribution in [1.82, 2.24) is 19.9 Å². The van der Waals surface area contributed by atoms with Crippen molar-refractivity contribution in [3.8, 4) is 0 Å². The van der Waals surface area contributed by atoms with Crippen LogP contribution in [-0.4, -0.2) is 26.2 Å². The fourth-order valence-electron chi connectivity index (χ4n) is 0.919. The first kappa shape index (κ1) is 7.35. The largest absolute Gasteiger partial charge is 0.339 e. The maximum Gasteiger partial charge on any atom is 0.277 e. The second-order valence-corrected chi connectivity index (χ2v) is 2.97. The molecule has 2 aromatic heterocycles. The zero-order valence-corrected chi connectivity index (χ0v) is 7.10. The number of nitrogens with one attached hydrogen (secondary N) is 2. The predicted molar refractivity (Wildman–Crippen MR) is 46.3 cm³/mol. The SMILES string of the molecule is CSc1[15n]c2nc[nH]c2c(=O)[15nH]1. The second kappa shape index (κ2) is 2.63. The van der Waals surface area contributed by atoms with Crippen molar-refractivity contribution in [2.24, 2.45) is 0 Å². The number of hydrogen-bond donors (Lipinski definition) is 2. The summed E-state index contributed by atoms with van der Waals surface area (Å²) in [5.74, 6) is 0. The Morgan fingerprint density at radius 2 is 2.42 bits per heavy atom. The van der Waals surface area contributed by atoms with Crippen LogP contribution in [0.25, 0.3) is 11.2 Å². The molecule has 0 aliphatic rings. The molecule has 2 aromatic rings. The van der Waals surface area contributed by atoms with Crippen molar-refractivity contribution < 1.29 is 0 Å². The molecular weight excluding hydrogens is 178 g/mol. The van der Waals surface area contributed by atoms with Gasteiger partial charge in [0.1, 0.15) is 0 Å². The third-order valence-electron chi connectivity index (χ3n) is 1.47. The molecule has 0 aromatic carbocycles. The molecule has 0 spiro atoms. The third-order valence-corrected chi connectivity index (χ3v) is 2.05. The van der Waals surface area contributed by atoms with Crippen LogP contribution in [0.4, 0.5) is 0 Å². The van der Waals surface area contributed by atoms with E-state index in [1.54, 1.807) is 0 Å². The quantitative estimate of drug-likeness (QED) is 0.496. The second-order valence-electron chi connectivity index (χ2n) is 2.18. The fraction of sp³-hybridized carbons (Fsp3) is 0.167. The highest BCUT2D eigenvalue weighted by atomic mass is 32.2. The van der Waals surface area contributed by atoms with Gasteiger partial charge in [-0.2, -0.15) is 0 Å². The van der Waals surface area contributed by atoms with Gasteiger partial charge in [0, 0.05) is 0 Å². The van der Waals surface area contributed by atoms with Gasteiger partial charge in [0.15, 0.2) is 16.3 Å². The van der Waals surface area contributed by atoms with Crippen molar-refractivity contribution in [2.75, 3.05) is 6.26 Å². The van der Waals surface area contributed by atoms with E-state index in [1.165, 1.54) is 18.1 Å². The van der Waals surface area contributed by atoms with E-state index in [2.05, 4.69) is 19.9 Å². The Balaban J connectivity index is 2.84. The first-order chi connectivity index (χ1) is 5.81. The van der Waals surface area contributed by atoms with Gasteiger partial charge in [0.05, 0.1) is 6.33 Å². The molecule has 0 amide bonds. The van der Waals surface area contributed by atoms with Crippen molar-refractivity contribution >= 4 is 22.9 Å². The number of rotatable bonds is 1. The Morgan fingerprint density at radius 3 is 3.17 bits per heavy atom. The van der Waals surface area contributed by atoms with Crippen molar-refractivity contribution in [2.45, 2.75) is 5.16 Å². The van der Waals surface area contributed by atoms with E-state index in [-0.39, 0.29) is 5.56 Å². The summed E-state index contributed by atoms with van der Waals surface area (Å²) in [6.07, 6.45) is 3.30. The van der Waals surface area contributed by atoms with E-state index in [0.29, 0.717) is 16.3 Å². The van der Waals surface area contributed by atoms with Crippen LogP contribution in [-0.2, 0) is 0 Å². The monoisotopic (exact) mass is 184 g/mol. The van der Waals surface area contributed by atoms with E-state index in [1.807, 2.05) is 6.26 Å². The number of hydrogen-bond acceptors (Lipinski definition) is 4. The smallest absolute Gasteiger partial charge is 0.277 e. The molecule has 0 aliphatic heterocycles. The van der Waals surface area contributed by atoms with Gasteiger partial charge in [-0.05, 0) is 6.26 Å². The van der Waals surface area contributed by atoms with Crippen molar-refractivity contribution in [1.29, 1.82) is 0 Å². The summed E-state index contributed by atoms with van der Waals surface area (Å²) in [5.41, 5.74) is 0.706. The maximum absolute atomic E-state index is 11.2. The lowest BCUT2D eigenvalue weighted by atomic mass is 10.6. The van der Waals surface area contributed by atoms with Crippen LogP contribution >= 0.6 is 11.8 Å². The number of fused-ring (bicyclic) bond motifs is 1. The van der Waals surface area contributed by atoms with Gasteiger partial charge < -0.3 is 4.98 Å². The highest BCUT2D eigenvalue weighted by molar-refractivity contribution is 7.98. The van der Waals surface area contributed by atoms with Gasteiger partial charge in [-0.25, -0.2) is 9.97 Å². The average molecular weight is 184 g/mol. The summed E-state index contributed by atoms with van der Waals surface area (Å²) in [6, 6.07) is 0. The molecule has 0 atom stereocenters. The summed E-state index contributed by atoms with van der Waals surface area (Å²) >= 11 is 1.38. The Kier molecular flexibility index (Phi) is 1.61. The lowest BCUT2D eigenvalue weighted by Gasteiger charge is -1.92. The molecule has 0 saturated carbocycles. The molecule has 62 valence electrons. The molecule has 2 heterocycles. The number of imidazole rings is 1. The molecule has 0 unspecified atom stereocenters. The van der Waals surface area contributed by atoms with Gasteiger partial charge in [-0.1, -0.05) is 11.8 Å². The number of aromatic nitrogens is 4. The zero-order chi connectivity index (χ0) is 8.55. The Morgan fingerprint density at radius 1 is 1.58 bits per heavy atom. The number of aromatic amines is 2. The molecule has 12 heavy (non-hydrogen) atoms. The van der Waals surface area contributed by atoms with Crippen LogP contribution in [0.2, 0.25) is 0 Å². The summed E-state index contributed by atoms with van der Waals surface area (Å²) in [6.45, 7) is 0. The first-order valence-electron chi connectivity index (χ1n) is 3.28. The van der Waals surface area contributed by atoms with Crippen molar-refractivity contribution in [3.05, 3.63) is 16.7 Å². The summed E-state index contributed by atoms with van der Waals surface area (Å²) in [4.78, 5) is 24.5. The molecule has 0 bridgehead atoms. The highest BCUT2D eigenvalue weighted by Gasteiger charge is 2.03. The standard InChI is InChI=1S/C6H6N4OS/c1-12-6-9-4-3(5(11)10-6)7-2-8-4/h2H,1H3,(H2,7,8,9,10,11)/i9+1,10+1. The average Bonchev–Trinajstić information content (AvgIpc) is 2.52. The van der Waals surface area contributed by atoms with Gasteiger partial charge in [-0.3, -0.25) is 9.78 Å². The first-order valence-corrected chi connectivity index (χ1v) is 4.51. The van der Waals surface area contributed by atoms with Crippen LogP contribution < -0.4 is 5.56 Å². The maximum atomic E-state index is 11.2. The van der Waals surface area contributed by atoms with E-state index in [9.17, 15) is 4.79 Å². The lowest BCUT2D eigenvalue weighted by Crippen LogP contribution is -2.08. The Bertz CT molecular complexity index is 460. The molecule has 2 N–H and O–H groups in total. The van der Waals surface area contributed by atoms with Crippen molar-refractivity contribution in [3.63, 3.8) is 0 Å². The topological polar surface area (TPSA) is 74.4 Å². The van der Waals surface area contributed by atoms with E-state index >= 15 is 0 Å². The number of thioether (sulfide) groups is 1. The molecule has 0 fully saturated rings. The minimum atomic E-state index is -0.179. The molecule has 0 saturated heterocycles. The lowest BCUT2D eigenvalue weighted by molar-refractivity contribution is 0.968. The van der Waals surface area contributed by atoms with Gasteiger partial charge in [-0.15, -0.1) is 0 Å². The van der Waals surface area contributed by atoms with Gasteiger partial charge in [0.2, 0.25) is 0 Å². The highest BCUT2D eigenvalue weighted by Crippen LogP contribution is 2.07. The van der Waals surface area contributed by atoms with Gasteiger partial charge >= 0.3 is 0 Å². The molecule has 0 aliphatic carbocycles. The third kappa shape index (κ3) is 1.00. The zero-order valence-electron chi connectivity index (χ0n) is 6.29. The van der Waals surface area contributed by atoms with Crippen LogP contribution in [0.15, 0.2) is 16.3 Å². The normalized spacial score (nSPS) is 10.8. The van der Waals surface area contributed by atoms with E-state index < -0.39 is 0 Å². The van der Waals surface area contributed by atoms with Crippen LogP contribution in [0.5, 0.6) is 0 Å². The number of H-pyrrole nitrogens is 2. The minimum Gasteiger partial charge on any atom is -0.339 e. The minimum absolute atomic E-state index is 0.179. The molecule has 0 radical (unpaired) electrons. The Hall–Kier alpha value is -1.30. The van der Waals surface area contributed by atoms with Crippen LogP contribution in [0.3, 0.4) is 0 Å². The van der Waals surface area contributed by atoms with Crippen LogP contribution in [0.1, 0.15) is 0 Å². The summed E-state index contributed by atoms with van der Waals surface area (Å²) < 4.78 is 0. The summed E-state index contributed by atoms with van der Waals surface area (Å²) in [5, 5.41) is 0.583. The van der Waals surface area contributed by atoms with Crippen LogP contribution in [0, 0.1) is 0 Å². The van der Waals surface area contributed by atoms with E-state index in [4.69, 9.17) is 0 Å².